The molecule has 4 aliphatic carbocycles. The summed E-state index contributed by atoms with van der Waals surface area (Å²) in [6.45, 7) is 0. The van der Waals surface area contributed by atoms with Crippen LogP contribution in [0.2, 0.25) is 0 Å². The number of allylic oxidation sites excluding steroid dienone is 8. The highest BCUT2D eigenvalue weighted by atomic mass is 15.1. The van der Waals surface area contributed by atoms with E-state index in [0.29, 0.717) is 11.8 Å². The highest BCUT2D eigenvalue weighted by Gasteiger charge is 2.65. The molecule has 3 atom stereocenters. The van der Waals surface area contributed by atoms with Crippen LogP contribution in [0.25, 0.3) is 66.1 Å². The molecule has 0 N–H and O–H groups in total. The molecule has 1 saturated carbocycles. The van der Waals surface area contributed by atoms with Crippen LogP contribution in [-0.4, -0.2) is 4.57 Å². The van der Waals surface area contributed by atoms with Crippen LogP contribution in [0, 0.1) is 11.8 Å². The van der Waals surface area contributed by atoms with E-state index in [2.05, 4.69) is 252 Å². The van der Waals surface area contributed by atoms with Crippen LogP contribution in [0.15, 0.2) is 254 Å². The molecule has 304 valence electrons. The van der Waals surface area contributed by atoms with Crippen LogP contribution in [0.5, 0.6) is 0 Å². The average Bonchev–Trinajstić information content (AvgIpc) is 3.71. The maximum Gasteiger partial charge on any atom is 0.0541 e. The topological polar surface area (TPSA) is 8.17 Å². The molecule has 4 aliphatic rings. The van der Waals surface area contributed by atoms with E-state index in [1.807, 2.05) is 0 Å². The lowest BCUT2D eigenvalue weighted by Crippen LogP contribution is -2.59. The van der Waals surface area contributed by atoms with Crippen LogP contribution < -0.4 is 4.90 Å². The molecule has 65 heavy (non-hydrogen) atoms. The van der Waals surface area contributed by atoms with Crippen molar-refractivity contribution in [2.45, 2.75) is 5.41 Å². The van der Waals surface area contributed by atoms with E-state index in [0.717, 1.165) is 17.1 Å². The Morgan fingerprint density at radius 1 is 0.446 bits per heavy atom. The Hall–Kier alpha value is -8.20. The van der Waals surface area contributed by atoms with Crippen molar-refractivity contribution in [3.8, 4) is 27.9 Å². The van der Waals surface area contributed by atoms with Gasteiger partial charge in [0.05, 0.1) is 22.1 Å². The lowest BCUT2D eigenvalue weighted by molar-refractivity contribution is 0.234. The van der Waals surface area contributed by atoms with Gasteiger partial charge in [-0.25, -0.2) is 0 Å². The number of nitrogens with zero attached hydrogens (tertiary/aromatic N) is 2. The van der Waals surface area contributed by atoms with Crippen molar-refractivity contribution in [2.75, 3.05) is 4.90 Å². The van der Waals surface area contributed by atoms with Crippen molar-refractivity contribution in [2.24, 2.45) is 11.8 Å². The molecule has 3 unspecified atom stereocenters. The lowest BCUT2D eigenvalue weighted by Gasteiger charge is -2.64. The van der Waals surface area contributed by atoms with E-state index < -0.39 is 0 Å². The first-order chi connectivity index (χ1) is 32.3. The van der Waals surface area contributed by atoms with Gasteiger partial charge in [-0.3, -0.25) is 0 Å². The van der Waals surface area contributed by atoms with E-state index in [-0.39, 0.29) is 5.41 Å². The Balaban J connectivity index is 0.889. The highest BCUT2D eigenvalue weighted by Crippen LogP contribution is 2.72. The van der Waals surface area contributed by atoms with Gasteiger partial charge in [-0.1, -0.05) is 182 Å². The standard InChI is InChI=1S/C63H42N2/c1-4-14-41(15-5-1)43-26-29-46(30-27-43)64(47-31-33-48(34-32-47)65-58-25-11-10-20-50(58)53-40-45(28-38-60(53)65)42-16-6-2-7-17-42)59-39-37-57-62-52(59)22-13-24-55(62)63(57)54-23-12-21-51-49(35-36-56(63)61(51)54)44-18-8-3-9-19-44/h1-40,56,61H. The second kappa shape index (κ2) is 13.9. The van der Waals surface area contributed by atoms with Crippen molar-refractivity contribution in [3.63, 3.8) is 0 Å². The molecule has 9 aromatic carbocycles. The van der Waals surface area contributed by atoms with E-state index >= 15 is 0 Å². The summed E-state index contributed by atoms with van der Waals surface area (Å²) in [6, 6.07) is 78.1. The number of anilines is 3. The van der Waals surface area contributed by atoms with Gasteiger partial charge in [-0.2, -0.15) is 0 Å². The zero-order valence-electron chi connectivity index (χ0n) is 35.6. The first-order valence-corrected chi connectivity index (χ1v) is 22.8. The molecular weight excluding hydrogens is 785 g/mol. The van der Waals surface area contributed by atoms with Crippen molar-refractivity contribution >= 4 is 55.2 Å². The minimum atomic E-state index is -0.0965. The van der Waals surface area contributed by atoms with Gasteiger partial charge in [0.1, 0.15) is 0 Å². The maximum absolute atomic E-state index is 2.52. The molecule has 0 amide bonds. The summed E-state index contributed by atoms with van der Waals surface area (Å²) in [5, 5.41) is 5.19. The molecule has 1 spiro atoms. The van der Waals surface area contributed by atoms with Crippen LogP contribution >= 0.6 is 0 Å². The molecule has 1 aromatic heterocycles. The molecule has 14 rings (SSSR count). The predicted molar refractivity (Wildman–Crippen MR) is 271 cm³/mol. The lowest BCUT2D eigenvalue weighted by atomic mass is 9.37. The van der Waals surface area contributed by atoms with Crippen molar-refractivity contribution in [1.82, 2.24) is 4.57 Å². The van der Waals surface area contributed by atoms with Crippen LogP contribution in [0.3, 0.4) is 0 Å². The predicted octanol–water partition coefficient (Wildman–Crippen LogP) is 16.1. The Morgan fingerprint density at radius 3 is 1.80 bits per heavy atom. The normalized spacial score (nSPS) is 18.7. The number of hydrogen-bond donors (Lipinski definition) is 0. The van der Waals surface area contributed by atoms with Gasteiger partial charge in [0.2, 0.25) is 0 Å². The average molecular weight is 827 g/mol. The smallest absolute Gasteiger partial charge is 0.0541 e. The largest absolute Gasteiger partial charge is 0.310 e. The second-order valence-electron chi connectivity index (χ2n) is 18.0. The van der Waals surface area contributed by atoms with Crippen molar-refractivity contribution in [3.05, 3.63) is 271 Å². The summed E-state index contributed by atoms with van der Waals surface area (Å²) in [7, 11) is 0. The van der Waals surface area contributed by atoms with E-state index in [1.54, 1.807) is 0 Å². The SMILES string of the molecule is C1=CC2=C(c3ccccc3)C=CC3C2C(=C1)C31c2cccc3c(N(c4ccc(-c5ccccc5)cc4)c4ccc(-n5c6ccccc6c6cc(-c7ccccc7)ccc65)cc4)ccc1c23. The zero-order chi connectivity index (χ0) is 42.6. The van der Waals surface area contributed by atoms with Gasteiger partial charge in [0, 0.05) is 45.1 Å². The fraction of sp³-hybridized carbons (Fsp3) is 0.0476. The molecule has 0 bridgehead atoms. The fourth-order valence-electron chi connectivity index (χ4n) is 12.1. The number of rotatable bonds is 7. The molecule has 1 heterocycles. The fourth-order valence-corrected chi connectivity index (χ4v) is 12.1. The van der Waals surface area contributed by atoms with Gasteiger partial charge in [-0.05, 0) is 122 Å². The molecule has 0 aliphatic heterocycles. The summed E-state index contributed by atoms with van der Waals surface area (Å²) in [5.74, 6) is 0.798. The third-order valence-electron chi connectivity index (χ3n) is 14.9. The third-order valence-corrected chi connectivity index (χ3v) is 14.9. The molecule has 0 saturated heterocycles. The van der Waals surface area contributed by atoms with Crippen LogP contribution in [0.1, 0.15) is 16.7 Å². The molecular formula is C63H42N2. The Kier molecular flexibility index (Phi) is 7.76. The van der Waals surface area contributed by atoms with Crippen molar-refractivity contribution in [1.29, 1.82) is 0 Å². The van der Waals surface area contributed by atoms with Gasteiger partial charge in [0.25, 0.3) is 0 Å². The number of hydrogen-bond acceptors (Lipinski definition) is 1. The third kappa shape index (κ3) is 5.11. The number of fused-ring (bicyclic) bond motifs is 7. The first-order valence-electron chi connectivity index (χ1n) is 22.8. The molecule has 2 nitrogen and oxygen atoms in total. The second-order valence-corrected chi connectivity index (χ2v) is 18.0. The quantitative estimate of drug-likeness (QED) is 0.155. The number of benzene rings is 9. The van der Waals surface area contributed by atoms with Gasteiger partial charge in [0.15, 0.2) is 0 Å². The Morgan fingerprint density at radius 2 is 1.05 bits per heavy atom. The summed E-state index contributed by atoms with van der Waals surface area (Å²) in [5.41, 5.74) is 20.3. The van der Waals surface area contributed by atoms with Crippen molar-refractivity contribution < 1.29 is 0 Å². The molecule has 1 fully saturated rings. The summed E-state index contributed by atoms with van der Waals surface area (Å²) in [6.07, 6.45) is 12.0. The van der Waals surface area contributed by atoms with Gasteiger partial charge >= 0.3 is 0 Å². The molecule has 10 aromatic rings. The minimum Gasteiger partial charge on any atom is -0.310 e. The summed E-state index contributed by atoms with van der Waals surface area (Å²) >= 11 is 0. The number of para-hydroxylation sites is 1. The molecule has 2 heteroatoms. The molecule has 0 radical (unpaired) electrons. The van der Waals surface area contributed by atoms with Crippen LogP contribution in [-0.2, 0) is 5.41 Å². The maximum atomic E-state index is 2.52. The first kappa shape index (κ1) is 36.3. The van der Waals surface area contributed by atoms with E-state index in [1.165, 1.54) is 93.9 Å². The summed E-state index contributed by atoms with van der Waals surface area (Å²) in [4.78, 5) is 2.46. The Bertz CT molecular complexity index is 3670. The Labute approximate surface area is 378 Å². The monoisotopic (exact) mass is 826 g/mol. The van der Waals surface area contributed by atoms with E-state index in [9.17, 15) is 0 Å². The van der Waals surface area contributed by atoms with Crippen LogP contribution in [0.4, 0.5) is 17.1 Å². The zero-order valence-corrected chi connectivity index (χ0v) is 35.6. The summed E-state index contributed by atoms with van der Waals surface area (Å²) < 4.78 is 2.42. The highest BCUT2D eigenvalue weighted by molar-refractivity contribution is 6.11. The minimum absolute atomic E-state index is 0.0965. The van der Waals surface area contributed by atoms with Gasteiger partial charge < -0.3 is 9.47 Å². The number of aromatic nitrogens is 1. The van der Waals surface area contributed by atoms with E-state index in [4.69, 9.17) is 0 Å². The van der Waals surface area contributed by atoms with Gasteiger partial charge in [-0.15, -0.1) is 0 Å².